The highest BCUT2D eigenvalue weighted by molar-refractivity contribution is 7.25. The van der Waals surface area contributed by atoms with Crippen LogP contribution in [0, 0.1) is 0 Å². The predicted octanol–water partition coefficient (Wildman–Crippen LogP) is 11.4. The smallest absolute Gasteiger partial charge is 0.167 e. The molecule has 4 heterocycles. The van der Waals surface area contributed by atoms with Gasteiger partial charge in [0.05, 0.1) is 22.3 Å². The summed E-state index contributed by atoms with van der Waals surface area (Å²) in [4.78, 5) is 19.7. The maximum Gasteiger partial charge on any atom is 0.167 e. The van der Waals surface area contributed by atoms with Gasteiger partial charge < -0.3 is 4.57 Å². The van der Waals surface area contributed by atoms with Crippen molar-refractivity contribution in [1.82, 2.24) is 24.5 Å². The SMILES string of the molecule is c1ccc(-c2nc(-c3ccccc3)nc(-c3cnccc3-n3c4ccccc4c4ccc(-c5ccc6sc7ccccc7c6c5)cc43)n2)cc1. The normalized spacial score (nSPS) is 11.6. The zero-order valence-corrected chi connectivity index (χ0v) is 27.5. The Morgan fingerprint density at radius 2 is 1.02 bits per heavy atom. The van der Waals surface area contributed by atoms with E-state index in [1.54, 1.807) is 0 Å². The first-order valence-corrected chi connectivity index (χ1v) is 17.4. The lowest BCUT2D eigenvalue weighted by Crippen LogP contribution is -2.04. The Kier molecular flexibility index (Phi) is 6.60. The number of fused-ring (bicyclic) bond motifs is 6. The van der Waals surface area contributed by atoms with Crippen LogP contribution in [0.4, 0.5) is 0 Å². The van der Waals surface area contributed by atoms with Crippen molar-refractivity contribution >= 4 is 53.3 Å². The number of thiophene rings is 1. The number of rotatable bonds is 5. The highest BCUT2D eigenvalue weighted by Gasteiger charge is 2.20. The average Bonchev–Trinajstić information content (AvgIpc) is 3.73. The van der Waals surface area contributed by atoms with E-state index in [0.717, 1.165) is 39.0 Å². The summed E-state index contributed by atoms with van der Waals surface area (Å²) in [5.74, 6) is 1.80. The highest BCUT2D eigenvalue weighted by Crippen LogP contribution is 2.40. The van der Waals surface area contributed by atoms with E-state index in [-0.39, 0.29) is 0 Å². The van der Waals surface area contributed by atoms with E-state index in [4.69, 9.17) is 15.0 Å². The third-order valence-electron chi connectivity index (χ3n) is 9.36. The molecule has 0 amide bonds. The molecule has 0 saturated heterocycles. The quantitative estimate of drug-likeness (QED) is 0.185. The largest absolute Gasteiger partial charge is 0.308 e. The monoisotopic (exact) mass is 657 g/mol. The molecule has 0 saturated carbocycles. The van der Waals surface area contributed by atoms with Gasteiger partial charge >= 0.3 is 0 Å². The van der Waals surface area contributed by atoms with Gasteiger partial charge in [0, 0.05) is 54.5 Å². The van der Waals surface area contributed by atoms with Gasteiger partial charge in [-0.05, 0) is 47.5 Å². The van der Waals surface area contributed by atoms with Gasteiger partial charge in [-0.2, -0.15) is 0 Å². The number of aromatic nitrogens is 5. The summed E-state index contributed by atoms with van der Waals surface area (Å²) in [5.41, 5.74) is 8.18. The molecule has 0 spiro atoms. The molecule has 10 aromatic rings. The Morgan fingerprint density at radius 3 is 1.80 bits per heavy atom. The van der Waals surface area contributed by atoms with Gasteiger partial charge in [-0.1, -0.05) is 115 Å². The molecule has 6 heteroatoms. The van der Waals surface area contributed by atoms with Crippen LogP contribution in [0.15, 0.2) is 164 Å². The molecular formula is C44H27N5S. The Hall–Kier alpha value is -6.50. The molecule has 10 rings (SSSR count). The van der Waals surface area contributed by atoms with Crippen molar-refractivity contribution in [2.75, 3.05) is 0 Å². The highest BCUT2D eigenvalue weighted by atomic mass is 32.1. The van der Waals surface area contributed by atoms with Crippen LogP contribution < -0.4 is 0 Å². The standard InChI is InChI=1S/C44H27N5S/c1-3-11-28(12-4-1)42-46-43(29-13-5-2-6-14-29)48-44(47-42)36-27-45-24-23-38(36)49-37-17-9-7-15-32(37)33-21-19-31(26-39(33)49)30-20-22-41-35(25-30)34-16-8-10-18-40(34)50-41/h1-27H. The van der Waals surface area contributed by atoms with Crippen molar-refractivity contribution in [3.05, 3.63) is 164 Å². The molecule has 50 heavy (non-hydrogen) atoms. The fourth-order valence-corrected chi connectivity index (χ4v) is 8.09. The van der Waals surface area contributed by atoms with E-state index < -0.39 is 0 Å². The summed E-state index contributed by atoms with van der Waals surface area (Å²) in [6.07, 6.45) is 3.71. The first-order chi connectivity index (χ1) is 24.8. The summed E-state index contributed by atoms with van der Waals surface area (Å²) in [6.45, 7) is 0. The minimum absolute atomic E-state index is 0.567. The zero-order chi connectivity index (χ0) is 33.0. The van der Waals surface area contributed by atoms with Crippen LogP contribution in [0.5, 0.6) is 0 Å². The first kappa shape index (κ1) is 28.5. The number of para-hydroxylation sites is 1. The molecule has 5 nitrogen and oxygen atoms in total. The minimum atomic E-state index is 0.567. The van der Waals surface area contributed by atoms with Gasteiger partial charge in [0.2, 0.25) is 0 Å². The fraction of sp³-hybridized carbons (Fsp3) is 0. The van der Waals surface area contributed by atoms with Crippen LogP contribution >= 0.6 is 11.3 Å². The molecule has 0 aliphatic rings. The van der Waals surface area contributed by atoms with Gasteiger partial charge in [-0.25, -0.2) is 15.0 Å². The van der Waals surface area contributed by atoms with Crippen molar-refractivity contribution in [1.29, 1.82) is 0 Å². The summed E-state index contributed by atoms with van der Waals surface area (Å²) in [5, 5.41) is 4.95. The van der Waals surface area contributed by atoms with Crippen LogP contribution in [0.2, 0.25) is 0 Å². The van der Waals surface area contributed by atoms with Crippen molar-refractivity contribution < 1.29 is 0 Å². The van der Waals surface area contributed by atoms with Crippen LogP contribution in [0.1, 0.15) is 0 Å². The van der Waals surface area contributed by atoms with E-state index in [1.165, 1.54) is 36.5 Å². The number of pyridine rings is 1. The number of nitrogens with zero attached hydrogens (tertiary/aromatic N) is 5. The maximum atomic E-state index is 5.07. The average molecular weight is 658 g/mol. The molecule has 0 atom stereocenters. The molecule has 6 aromatic carbocycles. The molecule has 0 fully saturated rings. The Labute approximate surface area is 291 Å². The molecule has 0 N–H and O–H groups in total. The Balaban J connectivity index is 1.20. The van der Waals surface area contributed by atoms with Crippen molar-refractivity contribution in [3.8, 4) is 51.0 Å². The second-order valence-corrected chi connectivity index (χ2v) is 13.4. The maximum absolute atomic E-state index is 5.07. The lowest BCUT2D eigenvalue weighted by atomic mass is 10.0. The summed E-state index contributed by atoms with van der Waals surface area (Å²) < 4.78 is 4.94. The van der Waals surface area contributed by atoms with Crippen LogP contribution in [-0.2, 0) is 0 Å². The van der Waals surface area contributed by atoms with Gasteiger partial charge in [-0.15, -0.1) is 11.3 Å². The lowest BCUT2D eigenvalue weighted by Gasteiger charge is -2.14. The van der Waals surface area contributed by atoms with Crippen molar-refractivity contribution in [2.24, 2.45) is 0 Å². The van der Waals surface area contributed by atoms with Crippen LogP contribution in [0.25, 0.3) is 93.0 Å². The molecule has 0 bridgehead atoms. The lowest BCUT2D eigenvalue weighted by molar-refractivity contribution is 1.06. The molecule has 234 valence electrons. The second kappa shape index (κ2) is 11.6. The molecule has 0 radical (unpaired) electrons. The molecule has 0 aliphatic carbocycles. The number of hydrogen-bond acceptors (Lipinski definition) is 5. The summed E-state index contributed by atoms with van der Waals surface area (Å²) >= 11 is 1.84. The molecule has 0 aliphatic heterocycles. The van der Waals surface area contributed by atoms with Gasteiger partial charge in [0.25, 0.3) is 0 Å². The third-order valence-corrected chi connectivity index (χ3v) is 10.5. The summed E-state index contributed by atoms with van der Waals surface area (Å²) in [7, 11) is 0. The second-order valence-electron chi connectivity index (χ2n) is 12.3. The Bertz CT molecular complexity index is 2820. The van der Waals surface area contributed by atoms with E-state index in [2.05, 4.69) is 101 Å². The molecular weight excluding hydrogens is 631 g/mol. The fourth-order valence-electron chi connectivity index (χ4n) is 7.00. The van der Waals surface area contributed by atoms with Crippen molar-refractivity contribution in [3.63, 3.8) is 0 Å². The van der Waals surface area contributed by atoms with Crippen molar-refractivity contribution in [2.45, 2.75) is 0 Å². The first-order valence-electron chi connectivity index (χ1n) is 16.5. The number of hydrogen-bond donors (Lipinski definition) is 0. The van der Waals surface area contributed by atoms with Gasteiger partial charge in [-0.3, -0.25) is 4.98 Å². The molecule has 0 unspecified atom stereocenters. The van der Waals surface area contributed by atoms with Gasteiger partial charge in [0.15, 0.2) is 17.5 Å². The number of benzene rings is 6. The predicted molar refractivity (Wildman–Crippen MR) is 207 cm³/mol. The molecule has 4 aromatic heterocycles. The van der Waals surface area contributed by atoms with E-state index in [1.807, 2.05) is 84.4 Å². The van der Waals surface area contributed by atoms with Crippen LogP contribution in [-0.4, -0.2) is 24.5 Å². The van der Waals surface area contributed by atoms with E-state index in [9.17, 15) is 0 Å². The topological polar surface area (TPSA) is 56.5 Å². The summed E-state index contributed by atoms with van der Waals surface area (Å²) in [6, 6.07) is 53.1. The van der Waals surface area contributed by atoms with Gasteiger partial charge in [0.1, 0.15) is 0 Å². The zero-order valence-electron chi connectivity index (χ0n) is 26.7. The minimum Gasteiger partial charge on any atom is -0.308 e. The van der Waals surface area contributed by atoms with E-state index >= 15 is 0 Å². The Morgan fingerprint density at radius 1 is 0.420 bits per heavy atom. The third kappa shape index (κ3) is 4.69. The van der Waals surface area contributed by atoms with E-state index in [0.29, 0.717) is 17.5 Å². The van der Waals surface area contributed by atoms with Crippen LogP contribution in [0.3, 0.4) is 0 Å².